The molecule has 2 aromatic rings. The SMILES string of the molecule is O=S(=O)(CCNc1ccccc1)c1ccc(Br)cc1. The van der Waals surface area contributed by atoms with E-state index in [0.717, 1.165) is 10.2 Å². The lowest BCUT2D eigenvalue weighted by molar-refractivity contribution is 0.596. The zero-order valence-corrected chi connectivity index (χ0v) is 12.6. The van der Waals surface area contributed by atoms with E-state index >= 15 is 0 Å². The van der Waals surface area contributed by atoms with Crippen molar-refractivity contribution in [1.82, 2.24) is 0 Å². The van der Waals surface area contributed by atoms with Gasteiger partial charge in [-0.05, 0) is 36.4 Å². The fourth-order valence-corrected chi connectivity index (χ4v) is 3.07. The Bertz CT molecular complexity index is 624. The highest BCUT2D eigenvalue weighted by molar-refractivity contribution is 9.10. The first-order valence-electron chi connectivity index (χ1n) is 5.85. The quantitative estimate of drug-likeness (QED) is 0.908. The monoisotopic (exact) mass is 339 g/mol. The molecule has 5 heteroatoms. The summed E-state index contributed by atoms with van der Waals surface area (Å²) in [6.45, 7) is 0.391. The lowest BCUT2D eigenvalue weighted by Gasteiger charge is -2.07. The van der Waals surface area contributed by atoms with Crippen LogP contribution in [-0.4, -0.2) is 20.7 Å². The van der Waals surface area contributed by atoms with Crippen LogP contribution in [0.3, 0.4) is 0 Å². The predicted octanol–water partition coefficient (Wildman–Crippen LogP) is 3.33. The van der Waals surface area contributed by atoms with E-state index in [4.69, 9.17) is 0 Å². The van der Waals surface area contributed by atoms with Gasteiger partial charge in [-0.3, -0.25) is 0 Å². The molecule has 19 heavy (non-hydrogen) atoms. The van der Waals surface area contributed by atoms with E-state index in [1.54, 1.807) is 24.3 Å². The van der Waals surface area contributed by atoms with Gasteiger partial charge in [0.15, 0.2) is 9.84 Å². The average Bonchev–Trinajstić information content (AvgIpc) is 2.40. The first-order valence-corrected chi connectivity index (χ1v) is 8.30. The first kappa shape index (κ1) is 14.1. The highest BCUT2D eigenvalue weighted by Crippen LogP contribution is 2.16. The highest BCUT2D eigenvalue weighted by Gasteiger charge is 2.13. The van der Waals surface area contributed by atoms with Gasteiger partial charge in [-0.25, -0.2) is 8.42 Å². The lowest BCUT2D eigenvalue weighted by Crippen LogP contribution is -2.15. The van der Waals surface area contributed by atoms with Crippen LogP contribution in [0.2, 0.25) is 0 Å². The van der Waals surface area contributed by atoms with Crippen molar-refractivity contribution in [3.63, 3.8) is 0 Å². The molecule has 0 bridgehead atoms. The van der Waals surface area contributed by atoms with Crippen molar-refractivity contribution >= 4 is 31.5 Å². The van der Waals surface area contributed by atoms with Crippen molar-refractivity contribution in [2.75, 3.05) is 17.6 Å². The van der Waals surface area contributed by atoms with Crippen LogP contribution >= 0.6 is 15.9 Å². The standard InChI is InChI=1S/C14H14BrNO2S/c15-12-6-8-14(9-7-12)19(17,18)11-10-16-13-4-2-1-3-5-13/h1-9,16H,10-11H2. The third-order valence-electron chi connectivity index (χ3n) is 2.65. The Hall–Kier alpha value is -1.33. The number of nitrogens with one attached hydrogen (secondary N) is 1. The van der Waals surface area contributed by atoms with Gasteiger partial charge in [0.2, 0.25) is 0 Å². The van der Waals surface area contributed by atoms with Crippen LogP contribution in [0.1, 0.15) is 0 Å². The number of sulfone groups is 1. The molecule has 0 radical (unpaired) electrons. The summed E-state index contributed by atoms with van der Waals surface area (Å²) in [5.41, 5.74) is 0.925. The van der Waals surface area contributed by atoms with Crippen LogP contribution in [0.25, 0.3) is 0 Å². The Morgan fingerprint density at radius 3 is 2.21 bits per heavy atom. The number of para-hydroxylation sites is 1. The number of hydrogen-bond acceptors (Lipinski definition) is 3. The second kappa shape index (κ2) is 6.21. The molecule has 0 aliphatic carbocycles. The Balaban J connectivity index is 1.97. The van der Waals surface area contributed by atoms with Gasteiger partial charge in [0.1, 0.15) is 0 Å². The summed E-state index contributed by atoms with van der Waals surface area (Å²) < 4.78 is 25.0. The third kappa shape index (κ3) is 4.08. The van der Waals surface area contributed by atoms with E-state index in [9.17, 15) is 8.42 Å². The fourth-order valence-electron chi connectivity index (χ4n) is 1.65. The molecule has 0 aromatic heterocycles. The minimum Gasteiger partial charge on any atom is -0.384 e. The molecular weight excluding hydrogens is 326 g/mol. The maximum atomic E-state index is 12.1. The molecule has 0 heterocycles. The summed E-state index contributed by atoms with van der Waals surface area (Å²) in [4.78, 5) is 0.352. The minimum atomic E-state index is -3.23. The van der Waals surface area contributed by atoms with Gasteiger partial charge in [-0.15, -0.1) is 0 Å². The lowest BCUT2D eigenvalue weighted by atomic mass is 10.3. The summed E-state index contributed by atoms with van der Waals surface area (Å²) in [6, 6.07) is 16.2. The van der Waals surface area contributed by atoms with Crippen molar-refractivity contribution in [2.45, 2.75) is 4.90 Å². The molecule has 0 fully saturated rings. The van der Waals surface area contributed by atoms with Gasteiger partial charge in [0, 0.05) is 16.7 Å². The Morgan fingerprint density at radius 1 is 0.947 bits per heavy atom. The van der Waals surface area contributed by atoms with Crippen LogP contribution in [0.15, 0.2) is 64.0 Å². The zero-order chi connectivity index (χ0) is 13.7. The van der Waals surface area contributed by atoms with Crippen LogP contribution in [-0.2, 0) is 9.84 Å². The molecule has 0 aliphatic rings. The number of hydrogen-bond donors (Lipinski definition) is 1. The van der Waals surface area contributed by atoms with E-state index < -0.39 is 9.84 Å². The van der Waals surface area contributed by atoms with Crippen LogP contribution in [0, 0.1) is 0 Å². The van der Waals surface area contributed by atoms with Crippen molar-refractivity contribution in [2.24, 2.45) is 0 Å². The number of rotatable bonds is 5. The van der Waals surface area contributed by atoms with Crippen LogP contribution in [0.5, 0.6) is 0 Å². The maximum Gasteiger partial charge on any atom is 0.180 e. The molecule has 100 valence electrons. The summed E-state index contributed by atoms with van der Waals surface area (Å²) in [5, 5.41) is 3.09. The number of anilines is 1. The van der Waals surface area contributed by atoms with E-state index in [2.05, 4.69) is 21.2 Å². The maximum absolute atomic E-state index is 12.1. The van der Waals surface area contributed by atoms with Crippen molar-refractivity contribution in [3.8, 4) is 0 Å². The van der Waals surface area contributed by atoms with Gasteiger partial charge in [-0.1, -0.05) is 34.1 Å². The van der Waals surface area contributed by atoms with Crippen molar-refractivity contribution in [1.29, 1.82) is 0 Å². The number of halogens is 1. The summed E-state index contributed by atoms with van der Waals surface area (Å²) >= 11 is 3.29. The summed E-state index contributed by atoms with van der Waals surface area (Å²) in [5.74, 6) is 0.0729. The molecule has 0 saturated carbocycles. The first-order chi connectivity index (χ1) is 9.08. The molecule has 0 unspecified atom stereocenters. The highest BCUT2D eigenvalue weighted by atomic mass is 79.9. The second-order valence-electron chi connectivity index (χ2n) is 4.07. The van der Waals surface area contributed by atoms with Gasteiger partial charge in [-0.2, -0.15) is 0 Å². The fraction of sp³-hybridized carbons (Fsp3) is 0.143. The molecule has 2 rings (SSSR count). The van der Waals surface area contributed by atoms with E-state index in [0.29, 0.717) is 11.4 Å². The predicted molar refractivity (Wildman–Crippen MR) is 81.1 cm³/mol. The molecule has 0 spiro atoms. The third-order valence-corrected chi connectivity index (χ3v) is 4.91. The van der Waals surface area contributed by atoms with Gasteiger partial charge >= 0.3 is 0 Å². The minimum absolute atomic E-state index is 0.0729. The largest absolute Gasteiger partial charge is 0.384 e. The molecule has 0 atom stereocenters. The molecule has 1 N–H and O–H groups in total. The molecule has 0 amide bonds. The molecule has 2 aromatic carbocycles. The smallest absolute Gasteiger partial charge is 0.180 e. The number of benzene rings is 2. The Labute approximate surface area is 121 Å². The molecule has 0 saturated heterocycles. The van der Waals surface area contributed by atoms with Crippen molar-refractivity contribution in [3.05, 3.63) is 59.1 Å². The van der Waals surface area contributed by atoms with E-state index in [-0.39, 0.29) is 5.75 Å². The second-order valence-corrected chi connectivity index (χ2v) is 7.09. The zero-order valence-electron chi connectivity index (χ0n) is 10.2. The molecule has 3 nitrogen and oxygen atoms in total. The van der Waals surface area contributed by atoms with Gasteiger partial charge in [0.25, 0.3) is 0 Å². The van der Waals surface area contributed by atoms with E-state index in [1.807, 2.05) is 30.3 Å². The Morgan fingerprint density at radius 2 is 1.58 bits per heavy atom. The van der Waals surface area contributed by atoms with Gasteiger partial charge < -0.3 is 5.32 Å². The van der Waals surface area contributed by atoms with Crippen molar-refractivity contribution < 1.29 is 8.42 Å². The van der Waals surface area contributed by atoms with E-state index in [1.165, 1.54) is 0 Å². The summed E-state index contributed by atoms with van der Waals surface area (Å²) in [6.07, 6.45) is 0. The van der Waals surface area contributed by atoms with Crippen LogP contribution in [0.4, 0.5) is 5.69 Å². The van der Waals surface area contributed by atoms with Gasteiger partial charge in [0.05, 0.1) is 10.6 Å². The average molecular weight is 340 g/mol. The Kier molecular flexibility index (Phi) is 4.61. The molecule has 0 aliphatic heterocycles. The topological polar surface area (TPSA) is 46.2 Å². The van der Waals surface area contributed by atoms with Crippen LogP contribution < -0.4 is 5.32 Å². The molecular formula is C14H14BrNO2S. The summed E-state index contributed by atoms with van der Waals surface area (Å²) in [7, 11) is -3.23. The normalized spacial score (nSPS) is 11.2.